The van der Waals surface area contributed by atoms with Gasteiger partial charge in [0.05, 0.1) is 23.5 Å². The molecule has 2 saturated heterocycles. The van der Waals surface area contributed by atoms with Gasteiger partial charge in [0, 0.05) is 49.6 Å². The van der Waals surface area contributed by atoms with E-state index in [1.54, 1.807) is 19.9 Å². The molecule has 3 aromatic rings. The average Bonchev–Trinajstić information content (AvgIpc) is 3.23. The molecule has 1 aromatic heterocycles. The number of fused-ring (bicyclic) bond motifs is 1. The minimum absolute atomic E-state index is 0.133. The van der Waals surface area contributed by atoms with Gasteiger partial charge in [-0.2, -0.15) is 0 Å². The standard InChI is InChI=1S/C33H38F2N6O4/c1-20-4-6-27(38-45-30(20)33(2,3)44)21-8-10-39(11-9-21)31-25-18-23(34)17-24(29(25)36-19-37-31)22-5-7-28(26(35)16-22)41-13-12-40(14-15-42)32(41)43/h5,7,16-19,21,42,44H,4,6,8-15H2,1-3H3. The Balaban J connectivity index is 1.22. The van der Waals surface area contributed by atoms with Gasteiger partial charge in [-0.1, -0.05) is 11.2 Å². The van der Waals surface area contributed by atoms with Gasteiger partial charge >= 0.3 is 6.03 Å². The number of benzene rings is 2. The van der Waals surface area contributed by atoms with Crippen molar-refractivity contribution in [1.29, 1.82) is 0 Å². The number of anilines is 2. The van der Waals surface area contributed by atoms with Crippen LogP contribution >= 0.6 is 0 Å². The SMILES string of the molecule is CC1=C(C(C)(C)O)ON=C(C2CCN(c3ncnc4c(-c5ccc(N6CCN(CCO)C6=O)c(F)c5)cc(F)cc34)CC2)CC1. The van der Waals surface area contributed by atoms with E-state index in [2.05, 4.69) is 20.0 Å². The van der Waals surface area contributed by atoms with E-state index in [-0.39, 0.29) is 30.8 Å². The third kappa shape index (κ3) is 6.08. The summed E-state index contributed by atoms with van der Waals surface area (Å²) in [7, 11) is 0. The minimum Gasteiger partial charge on any atom is -0.395 e. The quantitative estimate of drug-likeness (QED) is 0.372. The van der Waals surface area contributed by atoms with Crippen LogP contribution in [-0.4, -0.2) is 81.8 Å². The zero-order valence-corrected chi connectivity index (χ0v) is 25.8. The van der Waals surface area contributed by atoms with Crippen LogP contribution in [0.15, 0.2) is 53.1 Å². The lowest BCUT2D eigenvalue weighted by molar-refractivity contribution is 0.0387. The molecule has 2 N–H and O–H groups in total. The molecule has 6 rings (SSSR count). The van der Waals surface area contributed by atoms with Crippen molar-refractivity contribution in [3.8, 4) is 11.1 Å². The number of carbonyl (C=O) groups excluding carboxylic acids is 1. The Bertz CT molecular complexity index is 1680. The first kappa shape index (κ1) is 30.8. The normalized spacial score (nSPS) is 18.5. The van der Waals surface area contributed by atoms with Gasteiger partial charge in [0.2, 0.25) is 0 Å². The van der Waals surface area contributed by atoms with Gasteiger partial charge in [-0.15, -0.1) is 0 Å². The van der Waals surface area contributed by atoms with Gasteiger partial charge in [0.1, 0.15) is 29.4 Å². The molecule has 0 radical (unpaired) electrons. The number of halogens is 2. The van der Waals surface area contributed by atoms with Crippen molar-refractivity contribution < 1.29 is 28.6 Å². The minimum atomic E-state index is -1.10. The monoisotopic (exact) mass is 620 g/mol. The molecule has 0 bridgehead atoms. The van der Waals surface area contributed by atoms with Gasteiger partial charge in [0.15, 0.2) is 5.76 Å². The van der Waals surface area contributed by atoms with Crippen molar-refractivity contribution in [1.82, 2.24) is 14.9 Å². The van der Waals surface area contributed by atoms with E-state index in [9.17, 15) is 15.0 Å². The lowest BCUT2D eigenvalue weighted by Gasteiger charge is -2.33. The predicted molar refractivity (Wildman–Crippen MR) is 168 cm³/mol. The number of hydrogen-bond donors (Lipinski definition) is 2. The molecule has 0 atom stereocenters. The van der Waals surface area contributed by atoms with Gasteiger partial charge in [-0.25, -0.2) is 23.5 Å². The summed E-state index contributed by atoms with van der Waals surface area (Å²) in [6.45, 7) is 7.43. The zero-order chi connectivity index (χ0) is 31.9. The van der Waals surface area contributed by atoms with Crippen LogP contribution in [0.4, 0.5) is 25.1 Å². The van der Waals surface area contributed by atoms with Gasteiger partial charge in [-0.05, 0) is 81.9 Å². The number of rotatable bonds is 7. The Hall–Kier alpha value is -4.16. The molecular weight excluding hydrogens is 582 g/mol. The summed E-state index contributed by atoms with van der Waals surface area (Å²) in [5, 5.41) is 24.6. The van der Waals surface area contributed by atoms with Crippen molar-refractivity contribution in [3.63, 3.8) is 0 Å². The molecule has 0 aliphatic carbocycles. The van der Waals surface area contributed by atoms with Crippen LogP contribution in [0.25, 0.3) is 22.0 Å². The summed E-state index contributed by atoms with van der Waals surface area (Å²) in [6, 6.07) is 6.88. The number of allylic oxidation sites excluding steroid dienone is 1. The second-order valence-corrected chi connectivity index (χ2v) is 12.5. The van der Waals surface area contributed by atoms with Crippen molar-refractivity contribution >= 4 is 34.2 Å². The largest absolute Gasteiger partial charge is 0.395 e. The van der Waals surface area contributed by atoms with Crippen LogP contribution in [-0.2, 0) is 4.84 Å². The molecule has 2 aromatic carbocycles. The fraction of sp³-hybridized carbons (Fsp3) is 0.455. The Morgan fingerprint density at radius 2 is 1.82 bits per heavy atom. The van der Waals surface area contributed by atoms with Crippen molar-refractivity contribution in [3.05, 3.63) is 59.6 Å². The summed E-state index contributed by atoms with van der Waals surface area (Å²) in [5.74, 6) is 0.242. The molecule has 0 saturated carbocycles. The maximum Gasteiger partial charge on any atom is 0.324 e. The third-order valence-corrected chi connectivity index (χ3v) is 8.92. The molecule has 2 fully saturated rings. The summed E-state index contributed by atoms with van der Waals surface area (Å²) in [4.78, 5) is 32.4. The first-order valence-electron chi connectivity index (χ1n) is 15.4. The van der Waals surface area contributed by atoms with Gasteiger partial charge < -0.3 is 24.9 Å². The number of piperidine rings is 1. The molecule has 3 aliphatic rings. The Morgan fingerprint density at radius 1 is 1.04 bits per heavy atom. The first-order valence-corrected chi connectivity index (χ1v) is 15.4. The highest BCUT2D eigenvalue weighted by Crippen LogP contribution is 2.37. The zero-order valence-electron chi connectivity index (χ0n) is 25.8. The van der Waals surface area contributed by atoms with E-state index >= 15 is 8.78 Å². The van der Waals surface area contributed by atoms with E-state index in [1.165, 1.54) is 40.4 Å². The van der Waals surface area contributed by atoms with Crippen molar-refractivity contribution in [2.45, 2.75) is 52.1 Å². The highest BCUT2D eigenvalue weighted by Gasteiger charge is 2.32. The molecule has 10 nitrogen and oxygen atoms in total. The number of aromatic nitrogens is 2. The number of oxime groups is 1. The molecule has 2 amide bonds. The molecule has 0 unspecified atom stereocenters. The molecule has 45 heavy (non-hydrogen) atoms. The summed E-state index contributed by atoms with van der Waals surface area (Å²) in [5.41, 5.74) is 2.38. The van der Waals surface area contributed by atoms with E-state index in [1.807, 2.05) is 6.92 Å². The molecule has 3 aliphatic heterocycles. The molecule has 238 valence electrons. The highest BCUT2D eigenvalue weighted by molar-refractivity contribution is 6.00. The number of carbonyl (C=O) groups is 1. The maximum atomic E-state index is 15.4. The lowest BCUT2D eigenvalue weighted by Crippen LogP contribution is -2.37. The third-order valence-electron chi connectivity index (χ3n) is 8.92. The maximum absolute atomic E-state index is 15.4. The smallest absolute Gasteiger partial charge is 0.324 e. The second kappa shape index (κ2) is 12.3. The number of aliphatic hydroxyl groups is 2. The number of amides is 2. The molecule has 4 heterocycles. The topological polar surface area (TPSA) is 115 Å². The number of nitrogens with zero attached hydrogens (tertiary/aromatic N) is 6. The van der Waals surface area contributed by atoms with E-state index in [4.69, 9.17) is 4.84 Å². The number of aliphatic hydroxyl groups excluding tert-OH is 1. The highest BCUT2D eigenvalue weighted by atomic mass is 19.1. The summed E-state index contributed by atoms with van der Waals surface area (Å²) in [6.07, 6.45) is 4.61. The van der Waals surface area contributed by atoms with Crippen molar-refractivity contribution in [2.75, 3.05) is 49.1 Å². The average molecular weight is 621 g/mol. The fourth-order valence-corrected chi connectivity index (χ4v) is 6.61. The van der Waals surface area contributed by atoms with Gasteiger partial charge in [0.25, 0.3) is 0 Å². The van der Waals surface area contributed by atoms with E-state index in [0.29, 0.717) is 59.8 Å². The van der Waals surface area contributed by atoms with Crippen LogP contribution in [0.2, 0.25) is 0 Å². The predicted octanol–water partition coefficient (Wildman–Crippen LogP) is 5.24. The summed E-state index contributed by atoms with van der Waals surface area (Å²) >= 11 is 0. The van der Waals surface area contributed by atoms with Gasteiger partial charge in [-0.3, -0.25) is 4.90 Å². The molecular formula is C33H38F2N6O4. The Kier molecular flexibility index (Phi) is 8.45. The van der Waals surface area contributed by atoms with Crippen molar-refractivity contribution in [2.24, 2.45) is 11.1 Å². The van der Waals surface area contributed by atoms with Crippen LogP contribution in [0.3, 0.4) is 0 Å². The molecule has 12 heteroatoms. The second-order valence-electron chi connectivity index (χ2n) is 12.5. The number of urea groups is 1. The Morgan fingerprint density at radius 3 is 2.53 bits per heavy atom. The number of β-amino-alcohol motifs (C(OH)–C–C–N with tert-alkyl or cyclic N) is 1. The number of hydrogen-bond acceptors (Lipinski definition) is 8. The van der Waals surface area contributed by atoms with Crippen LogP contribution in [0, 0.1) is 17.6 Å². The van der Waals surface area contributed by atoms with Crippen LogP contribution in [0.5, 0.6) is 0 Å². The molecule has 0 spiro atoms. The van der Waals surface area contributed by atoms with E-state index < -0.39 is 17.2 Å². The van der Waals surface area contributed by atoms with E-state index in [0.717, 1.165) is 37.0 Å². The van der Waals surface area contributed by atoms with Crippen LogP contribution < -0.4 is 9.80 Å². The first-order chi connectivity index (χ1) is 21.5. The van der Waals surface area contributed by atoms with Crippen LogP contribution in [0.1, 0.15) is 46.5 Å². The summed E-state index contributed by atoms with van der Waals surface area (Å²) < 4.78 is 30.5. The lowest BCUT2D eigenvalue weighted by atomic mass is 9.88. The fourth-order valence-electron chi connectivity index (χ4n) is 6.61. The Labute approximate surface area is 260 Å².